The van der Waals surface area contributed by atoms with Crippen LogP contribution in [0.2, 0.25) is 0 Å². The molecule has 3 N–H and O–H groups in total. The molecule has 0 aliphatic carbocycles. The molecule has 1 aliphatic heterocycles. The number of hydrogen-bond acceptors (Lipinski definition) is 5. The van der Waals surface area contributed by atoms with Gasteiger partial charge < -0.3 is 20.5 Å². The fourth-order valence-corrected chi connectivity index (χ4v) is 2.55. The van der Waals surface area contributed by atoms with Gasteiger partial charge in [-0.05, 0) is 25.1 Å². The summed E-state index contributed by atoms with van der Waals surface area (Å²) in [6, 6.07) is 4.68. The van der Waals surface area contributed by atoms with Crippen molar-refractivity contribution < 1.29 is 14.6 Å². The predicted molar refractivity (Wildman–Crippen MR) is 81.3 cm³/mol. The summed E-state index contributed by atoms with van der Waals surface area (Å²) < 4.78 is 5.33. The molecule has 116 valence electrons. The summed E-state index contributed by atoms with van der Waals surface area (Å²) in [5, 5.41) is 9.51. The molecule has 1 aliphatic rings. The summed E-state index contributed by atoms with van der Waals surface area (Å²) in [4.78, 5) is 16.4. The van der Waals surface area contributed by atoms with E-state index in [0.717, 1.165) is 26.3 Å². The lowest BCUT2D eigenvalue weighted by Crippen LogP contribution is -2.47. The molecule has 21 heavy (non-hydrogen) atoms. The summed E-state index contributed by atoms with van der Waals surface area (Å²) in [5.41, 5.74) is 6.53. The van der Waals surface area contributed by atoms with E-state index in [0.29, 0.717) is 17.8 Å². The third-order valence-corrected chi connectivity index (χ3v) is 3.82. The number of ether oxygens (including phenoxy) is 1. The number of carbonyl (C=O) groups excluding carboxylic acids is 1. The van der Waals surface area contributed by atoms with Crippen LogP contribution >= 0.6 is 0 Å². The van der Waals surface area contributed by atoms with Crippen LogP contribution in [-0.2, 0) is 4.74 Å². The minimum Gasteiger partial charge on any atom is -0.508 e. The van der Waals surface area contributed by atoms with Crippen LogP contribution in [0.4, 0.5) is 5.69 Å². The van der Waals surface area contributed by atoms with Crippen LogP contribution < -0.4 is 5.73 Å². The molecule has 0 saturated carbocycles. The topological polar surface area (TPSA) is 79.0 Å². The number of benzene rings is 1. The molecule has 1 aromatic rings. The molecule has 0 radical (unpaired) electrons. The van der Waals surface area contributed by atoms with Gasteiger partial charge in [0.1, 0.15) is 5.75 Å². The number of hydrogen-bond donors (Lipinski definition) is 2. The second kappa shape index (κ2) is 6.78. The van der Waals surface area contributed by atoms with Crippen molar-refractivity contribution >= 4 is 11.6 Å². The van der Waals surface area contributed by atoms with Gasteiger partial charge in [-0.15, -0.1) is 0 Å². The number of phenolic OH excluding ortho intramolecular Hbond substituents is 1. The molecule has 0 aromatic heterocycles. The number of phenols is 1. The van der Waals surface area contributed by atoms with Crippen LogP contribution in [0.3, 0.4) is 0 Å². The van der Waals surface area contributed by atoms with Crippen molar-refractivity contribution in [2.45, 2.75) is 13.0 Å². The van der Waals surface area contributed by atoms with E-state index in [4.69, 9.17) is 10.5 Å². The zero-order valence-electron chi connectivity index (χ0n) is 12.6. The quantitative estimate of drug-likeness (QED) is 0.633. The first-order valence-electron chi connectivity index (χ1n) is 7.15. The third-order valence-electron chi connectivity index (χ3n) is 3.82. The molecular weight excluding hydrogens is 270 g/mol. The van der Waals surface area contributed by atoms with Crippen molar-refractivity contribution in [3.8, 4) is 5.75 Å². The molecule has 1 amide bonds. The number of amides is 1. The van der Waals surface area contributed by atoms with Gasteiger partial charge >= 0.3 is 0 Å². The van der Waals surface area contributed by atoms with Gasteiger partial charge in [0.25, 0.3) is 5.91 Å². The van der Waals surface area contributed by atoms with Crippen molar-refractivity contribution in [3.05, 3.63) is 23.8 Å². The predicted octanol–water partition coefficient (Wildman–Crippen LogP) is 0.767. The van der Waals surface area contributed by atoms with Gasteiger partial charge in [-0.25, -0.2) is 0 Å². The molecule has 6 heteroatoms. The molecule has 1 fully saturated rings. The van der Waals surface area contributed by atoms with E-state index in [-0.39, 0.29) is 17.7 Å². The SMILES string of the molecule is CC(CN(C)C(=O)c1cc(O)ccc1N)N1CCOCC1. The maximum Gasteiger partial charge on any atom is 0.255 e. The lowest BCUT2D eigenvalue weighted by atomic mass is 10.1. The van der Waals surface area contributed by atoms with E-state index in [9.17, 15) is 9.90 Å². The Kier molecular flexibility index (Phi) is 5.03. The number of nitrogen functional groups attached to an aromatic ring is 1. The molecule has 6 nitrogen and oxygen atoms in total. The van der Waals surface area contributed by atoms with Crippen LogP contribution in [0.1, 0.15) is 17.3 Å². The number of likely N-dealkylation sites (N-methyl/N-ethyl adjacent to an activating group) is 1. The largest absolute Gasteiger partial charge is 0.508 e. The van der Waals surface area contributed by atoms with Gasteiger partial charge in [-0.1, -0.05) is 0 Å². The van der Waals surface area contributed by atoms with E-state index in [1.165, 1.54) is 12.1 Å². The van der Waals surface area contributed by atoms with Crippen LogP contribution in [0, 0.1) is 0 Å². The number of anilines is 1. The number of carbonyl (C=O) groups is 1. The zero-order valence-corrected chi connectivity index (χ0v) is 12.6. The second-order valence-electron chi connectivity index (χ2n) is 5.45. The number of rotatable bonds is 4. The highest BCUT2D eigenvalue weighted by atomic mass is 16.5. The molecule has 2 rings (SSSR count). The van der Waals surface area contributed by atoms with Gasteiger partial charge in [0.2, 0.25) is 0 Å². The van der Waals surface area contributed by atoms with Crippen LogP contribution in [0.5, 0.6) is 5.75 Å². The van der Waals surface area contributed by atoms with Gasteiger partial charge in [0, 0.05) is 38.4 Å². The van der Waals surface area contributed by atoms with Crippen LogP contribution in [0.15, 0.2) is 18.2 Å². The van der Waals surface area contributed by atoms with Crippen molar-refractivity contribution in [2.75, 3.05) is 45.6 Å². The highest BCUT2D eigenvalue weighted by molar-refractivity contribution is 5.99. The summed E-state index contributed by atoms with van der Waals surface area (Å²) in [5.74, 6) is -0.134. The van der Waals surface area contributed by atoms with E-state index in [1.807, 2.05) is 0 Å². The smallest absolute Gasteiger partial charge is 0.255 e. The lowest BCUT2D eigenvalue weighted by Gasteiger charge is -2.34. The molecule has 1 atom stereocenters. The van der Waals surface area contributed by atoms with Crippen LogP contribution in [0.25, 0.3) is 0 Å². The van der Waals surface area contributed by atoms with Gasteiger partial charge in [-0.2, -0.15) is 0 Å². The van der Waals surface area contributed by atoms with Crippen molar-refractivity contribution in [1.82, 2.24) is 9.80 Å². The normalized spacial score (nSPS) is 17.4. The van der Waals surface area contributed by atoms with Gasteiger partial charge in [0.05, 0.1) is 18.8 Å². The van der Waals surface area contributed by atoms with Crippen LogP contribution in [-0.4, -0.2) is 66.8 Å². The monoisotopic (exact) mass is 293 g/mol. The average molecular weight is 293 g/mol. The van der Waals surface area contributed by atoms with Crippen molar-refractivity contribution in [2.24, 2.45) is 0 Å². The minimum atomic E-state index is -0.177. The molecule has 0 bridgehead atoms. The Morgan fingerprint density at radius 3 is 2.81 bits per heavy atom. The highest BCUT2D eigenvalue weighted by Gasteiger charge is 2.22. The standard InChI is InChI=1S/C15H23N3O3/c1-11(18-5-7-21-8-6-18)10-17(2)15(20)13-9-12(19)3-4-14(13)16/h3-4,9,11,19H,5-8,10,16H2,1-2H3. The van der Waals surface area contributed by atoms with E-state index < -0.39 is 0 Å². The summed E-state index contributed by atoms with van der Waals surface area (Å²) in [6.45, 7) is 5.95. The lowest BCUT2D eigenvalue weighted by molar-refractivity contribution is 0.0142. The van der Waals surface area contributed by atoms with Crippen molar-refractivity contribution in [1.29, 1.82) is 0 Å². The minimum absolute atomic E-state index is 0.0437. The van der Waals surface area contributed by atoms with E-state index in [1.54, 1.807) is 18.0 Å². The second-order valence-corrected chi connectivity index (χ2v) is 5.45. The van der Waals surface area contributed by atoms with Gasteiger partial charge in [-0.3, -0.25) is 9.69 Å². The number of aromatic hydroxyl groups is 1. The Morgan fingerprint density at radius 1 is 1.48 bits per heavy atom. The average Bonchev–Trinajstić information content (AvgIpc) is 2.49. The highest BCUT2D eigenvalue weighted by Crippen LogP contribution is 2.20. The van der Waals surface area contributed by atoms with Gasteiger partial charge in [0.15, 0.2) is 0 Å². The Balaban J connectivity index is 2.00. The third kappa shape index (κ3) is 3.86. The first kappa shape index (κ1) is 15.6. The van der Waals surface area contributed by atoms with Crippen molar-refractivity contribution in [3.63, 3.8) is 0 Å². The maximum absolute atomic E-state index is 12.4. The fourth-order valence-electron chi connectivity index (χ4n) is 2.55. The first-order valence-corrected chi connectivity index (χ1v) is 7.15. The summed E-state index contributed by atoms with van der Waals surface area (Å²) in [6.07, 6.45) is 0. The Labute approximate surface area is 125 Å². The fraction of sp³-hybridized carbons (Fsp3) is 0.533. The molecule has 1 aromatic carbocycles. The first-order chi connectivity index (χ1) is 9.99. The number of nitrogens with zero attached hydrogens (tertiary/aromatic N) is 2. The van der Waals surface area contributed by atoms with E-state index >= 15 is 0 Å². The number of morpholine rings is 1. The Hall–Kier alpha value is -1.79. The summed E-state index contributed by atoms with van der Waals surface area (Å²) >= 11 is 0. The summed E-state index contributed by atoms with van der Waals surface area (Å²) in [7, 11) is 1.75. The van der Waals surface area contributed by atoms with E-state index in [2.05, 4.69) is 11.8 Å². The molecule has 0 spiro atoms. The maximum atomic E-state index is 12.4. The number of nitrogens with two attached hydrogens (primary N) is 1. The molecule has 1 unspecified atom stereocenters. The molecular formula is C15H23N3O3. The molecule has 1 heterocycles. The Bertz CT molecular complexity index is 501. The Morgan fingerprint density at radius 2 is 2.14 bits per heavy atom. The zero-order chi connectivity index (χ0) is 15.4. The molecule has 1 saturated heterocycles.